The Morgan fingerprint density at radius 3 is 2.74 bits per heavy atom. The highest BCUT2D eigenvalue weighted by molar-refractivity contribution is 5.89. The molecule has 1 atom stereocenters. The number of nitrogens with one attached hydrogen (secondary N) is 1. The van der Waals surface area contributed by atoms with Crippen molar-refractivity contribution in [3.05, 3.63) is 53.9 Å². The molecule has 2 rings (SSSR count). The van der Waals surface area contributed by atoms with Gasteiger partial charge < -0.3 is 15.0 Å². The summed E-state index contributed by atoms with van der Waals surface area (Å²) in [6.45, 7) is 6.52. The number of aromatic nitrogens is 1. The molecule has 2 aromatic rings. The first-order chi connectivity index (χ1) is 11.1. The van der Waals surface area contributed by atoms with Gasteiger partial charge in [0.1, 0.15) is 5.75 Å². The number of methoxy groups -OCH3 is 1. The fourth-order valence-electron chi connectivity index (χ4n) is 2.55. The molecular formula is C18H23N3O2. The maximum atomic E-state index is 12.6. The highest BCUT2D eigenvalue weighted by Crippen LogP contribution is 2.23. The number of amides is 2. The normalized spacial score (nSPS) is 11.7. The van der Waals surface area contributed by atoms with Crippen molar-refractivity contribution in [3.8, 4) is 5.75 Å². The number of hydrogen-bond donors (Lipinski definition) is 1. The molecule has 2 amide bonds. The van der Waals surface area contributed by atoms with Crippen LogP contribution in [0.4, 0.5) is 10.5 Å². The van der Waals surface area contributed by atoms with Gasteiger partial charge in [-0.2, -0.15) is 0 Å². The third-order valence-corrected chi connectivity index (χ3v) is 3.88. The van der Waals surface area contributed by atoms with Gasteiger partial charge in [0.05, 0.1) is 13.2 Å². The number of carbonyl (C=O) groups is 1. The summed E-state index contributed by atoms with van der Waals surface area (Å²) in [5.74, 6) is 0.805. The zero-order chi connectivity index (χ0) is 16.8. The number of hydrogen-bond acceptors (Lipinski definition) is 3. The Bertz CT molecular complexity index is 659. The predicted molar refractivity (Wildman–Crippen MR) is 91.8 cm³/mol. The standard InChI is InChI=1S/C18H23N3O2/c1-5-21(14(3)15-7-6-10-19-12-15)18(22)20-16-8-9-17(23-4)13(2)11-16/h6-12,14H,5H2,1-4H3,(H,20,22)/t14-/m0/s1. The minimum absolute atomic E-state index is 0.0481. The van der Waals surface area contributed by atoms with Crippen molar-refractivity contribution >= 4 is 11.7 Å². The fraction of sp³-hybridized carbons (Fsp3) is 0.333. The van der Waals surface area contributed by atoms with E-state index in [4.69, 9.17) is 4.74 Å². The highest BCUT2D eigenvalue weighted by atomic mass is 16.5. The molecule has 0 aliphatic carbocycles. The van der Waals surface area contributed by atoms with Crippen LogP contribution in [0.2, 0.25) is 0 Å². The number of ether oxygens (including phenoxy) is 1. The summed E-state index contributed by atoms with van der Waals surface area (Å²) >= 11 is 0. The van der Waals surface area contributed by atoms with Crippen LogP contribution in [-0.2, 0) is 0 Å². The molecule has 1 heterocycles. The number of pyridine rings is 1. The van der Waals surface area contributed by atoms with Crippen molar-refractivity contribution in [1.29, 1.82) is 0 Å². The van der Waals surface area contributed by atoms with Gasteiger partial charge in [0.2, 0.25) is 0 Å². The monoisotopic (exact) mass is 313 g/mol. The molecule has 1 N–H and O–H groups in total. The van der Waals surface area contributed by atoms with Gasteiger partial charge in [-0.05, 0) is 56.2 Å². The van der Waals surface area contributed by atoms with E-state index >= 15 is 0 Å². The van der Waals surface area contributed by atoms with Gasteiger partial charge in [-0.1, -0.05) is 6.07 Å². The maximum absolute atomic E-state index is 12.6. The van der Waals surface area contributed by atoms with Crippen molar-refractivity contribution in [3.63, 3.8) is 0 Å². The average molecular weight is 313 g/mol. The number of anilines is 1. The zero-order valence-electron chi connectivity index (χ0n) is 14.0. The van der Waals surface area contributed by atoms with Crippen LogP contribution in [0.1, 0.15) is 31.0 Å². The number of benzene rings is 1. The molecule has 5 nitrogen and oxygen atoms in total. The first kappa shape index (κ1) is 16.8. The number of rotatable bonds is 5. The lowest BCUT2D eigenvalue weighted by Crippen LogP contribution is -2.36. The average Bonchev–Trinajstić information content (AvgIpc) is 2.56. The molecule has 0 aliphatic rings. The van der Waals surface area contributed by atoms with Crippen LogP contribution in [0.3, 0.4) is 0 Å². The van der Waals surface area contributed by atoms with Gasteiger partial charge in [0.15, 0.2) is 0 Å². The lowest BCUT2D eigenvalue weighted by molar-refractivity contribution is 0.197. The zero-order valence-corrected chi connectivity index (χ0v) is 14.0. The van der Waals surface area contributed by atoms with Crippen molar-refractivity contribution in [1.82, 2.24) is 9.88 Å². The molecule has 23 heavy (non-hydrogen) atoms. The van der Waals surface area contributed by atoms with E-state index in [1.165, 1.54) is 0 Å². The SMILES string of the molecule is CCN(C(=O)Nc1ccc(OC)c(C)c1)[C@@H](C)c1cccnc1. The van der Waals surface area contributed by atoms with Crippen LogP contribution in [-0.4, -0.2) is 29.6 Å². The number of nitrogens with zero attached hydrogens (tertiary/aromatic N) is 2. The molecule has 0 saturated heterocycles. The van der Waals surface area contributed by atoms with Crippen LogP contribution in [0.15, 0.2) is 42.7 Å². The summed E-state index contributed by atoms with van der Waals surface area (Å²) in [4.78, 5) is 18.5. The van der Waals surface area contributed by atoms with E-state index in [9.17, 15) is 4.79 Å². The van der Waals surface area contributed by atoms with Gasteiger partial charge in [-0.15, -0.1) is 0 Å². The van der Waals surface area contributed by atoms with E-state index < -0.39 is 0 Å². The Labute approximate surface area is 137 Å². The molecule has 1 aromatic heterocycles. The Balaban J connectivity index is 2.12. The summed E-state index contributed by atoms with van der Waals surface area (Å²) in [6, 6.07) is 9.27. The lowest BCUT2D eigenvalue weighted by Gasteiger charge is -2.28. The van der Waals surface area contributed by atoms with Crippen LogP contribution < -0.4 is 10.1 Å². The number of urea groups is 1. The lowest BCUT2D eigenvalue weighted by atomic mass is 10.1. The van der Waals surface area contributed by atoms with E-state index in [2.05, 4.69) is 10.3 Å². The smallest absolute Gasteiger partial charge is 0.322 e. The van der Waals surface area contributed by atoms with Crippen LogP contribution in [0.25, 0.3) is 0 Å². The van der Waals surface area contributed by atoms with E-state index in [1.54, 1.807) is 24.4 Å². The molecule has 122 valence electrons. The quantitative estimate of drug-likeness (QED) is 0.907. The second-order valence-corrected chi connectivity index (χ2v) is 5.36. The Kier molecular flexibility index (Phi) is 5.57. The van der Waals surface area contributed by atoms with Gasteiger partial charge in [-0.25, -0.2) is 4.79 Å². The van der Waals surface area contributed by atoms with E-state index in [0.29, 0.717) is 6.54 Å². The molecule has 1 aromatic carbocycles. The molecular weight excluding hydrogens is 290 g/mol. The van der Waals surface area contributed by atoms with E-state index in [-0.39, 0.29) is 12.1 Å². The van der Waals surface area contributed by atoms with Crippen molar-refractivity contribution in [2.24, 2.45) is 0 Å². The highest BCUT2D eigenvalue weighted by Gasteiger charge is 2.20. The fourth-order valence-corrected chi connectivity index (χ4v) is 2.55. The molecule has 5 heteroatoms. The van der Waals surface area contributed by atoms with Crippen LogP contribution in [0, 0.1) is 6.92 Å². The van der Waals surface area contributed by atoms with Gasteiger partial charge in [0, 0.05) is 24.6 Å². The second-order valence-electron chi connectivity index (χ2n) is 5.36. The molecule has 0 bridgehead atoms. The summed E-state index contributed by atoms with van der Waals surface area (Å²) in [5, 5.41) is 2.95. The maximum Gasteiger partial charge on any atom is 0.322 e. The first-order valence-corrected chi connectivity index (χ1v) is 7.69. The van der Waals surface area contributed by atoms with E-state index in [1.807, 2.05) is 51.1 Å². The molecule has 0 radical (unpaired) electrons. The third kappa shape index (κ3) is 4.00. The van der Waals surface area contributed by atoms with Crippen molar-refractivity contribution in [2.45, 2.75) is 26.8 Å². The predicted octanol–water partition coefficient (Wildman–Crippen LogP) is 4.01. The van der Waals surface area contributed by atoms with Gasteiger partial charge in [0.25, 0.3) is 0 Å². The summed E-state index contributed by atoms with van der Waals surface area (Å²) in [6.07, 6.45) is 3.52. The third-order valence-electron chi connectivity index (χ3n) is 3.88. The molecule has 0 spiro atoms. The molecule has 0 saturated carbocycles. The van der Waals surface area contributed by atoms with E-state index in [0.717, 1.165) is 22.6 Å². The minimum atomic E-state index is -0.131. The Morgan fingerprint density at radius 2 is 2.17 bits per heavy atom. The molecule has 0 unspecified atom stereocenters. The summed E-state index contributed by atoms with van der Waals surface area (Å²) < 4.78 is 5.24. The number of aryl methyl sites for hydroxylation is 1. The summed E-state index contributed by atoms with van der Waals surface area (Å²) in [5.41, 5.74) is 2.74. The van der Waals surface area contributed by atoms with Crippen molar-refractivity contribution in [2.75, 3.05) is 19.0 Å². The second kappa shape index (κ2) is 7.63. The Morgan fingerprint density at radius 1 is 1.39 bits per heavy atom. The summed E-state index contributed by atoms with van der Waals surface area (Å²) in [7, 11) is 1.63. The van der Waals surface area contributed by atoms with Gasteiger partial charge in [-0.3, -0.25) is 4.98 Å². The number of carbonyl (C=O) groups excluding carboxylic acids is 1. The van der Waals surface area contributed by atoms with Crippen LogP contribution in [0.5, 0.6) is 5.75 Å². The minimum Gasteiger partial charge on any atom is -0.496 e. The molecule has 0 aliphatic heterocycles. The Hall–Kier alpha value is -2.56. The van der Waals surface area contributed by atoms with Crippen LogP contribution >= 0.6 is 0 Å². The van der Waals surface area contributed by atoms with Crippen molar-refractivity contribution < 1.29 is 9.53 Å². The topological polar surface area (TPSA) is 54.5 Å². The largest absolute Gasteiger partial charge is 0.496 e. The van der Waals surface area contributed by atoms with Gasteiger partial charge >= 0.3 is 6.03 Å². The first-order valence-electron chi connectivity index (χ1n) is 7.69. The molecule has 0 fully saturated rings.